The second-order valence-corrected chi connectivity index (χ2v) is 19.5. The van der Waals surface area contributed by atoms with Crippen LogP contribution in [0.2, 0.25) is 0 Å². The number of hydrogen-bond donors (Lipinski definition) is 0. The summed E-state index contributed by atoms with van der Waals surface area (Å²) in [5.74, 6) is -0.325. The van der Waals surface area contributed by atoms with Crippen LogP contribution in [0.5, 0.6) is 0 Å². The van der Waals surface area contributed by atoms with E-state index in [1.165, 1.54) is 6.20 Å². The zero-order valence-electron chi connectivity index (χ0n) is 13.6. The average molecular weight is 664 g/mol. The first-order valence-electron chi connectivity index (χ1n) is 7.33. The second-order valence-electron chi connectivity index (χ2n) is 5.75. The summed E-state index contributed by atoms with van der Waals surface area (Å²) in [6.07, 6.45) is -1.14. The number of aromatic nitrogens is 1. The zero-order chi connectivity index (χ0) is 20.4. The van der Waals surface area contributed by atoms with E-state index < -0.39 is 32.3 Å². The molecule has 147 valence electrons. The molecule has 5 nitrogen and oxygen atoms in total. The molecule has 1 aliphatic carbocycles. The third-order valence-corrected chi connectivity index (χ3v) is 4.88. The minimum atomic E-state index is -4.71. The summed E-state index contributed by atoms with van der Waals surface area (Å²) >= 11 is 4.74. The van der Waals surface area contributed by atoms with Gasteiger partial charge in [-0.3, -0.25) is 4.79 Å². The zero-order valence-corrected chi connectivity index (χ0v) is 20.2. The molecule has 1 aliphatic rings. The number of hydrogen-bond acceptors (Lipinski definition) is 5. The molecule has 0 aliphatic heterocycles. The molecule has 3 rings (SSSR count). The Kier molecular flexibility index (Phi) is 7.84. The Hall–Kier alpha value is -0.116. The van der Waals surface area contributed by atoms with Gasteiger partial charge in [-0.1, -0.05) is 5.16 Å². The Morgan fingerprint density at radius 1 is 1.26 bits per heavy atom. The van der Waals surface area contributed by atoms with E-state index in [1.54, 1.807) is 0 Å². The number of carbonyl (C=O) groups excluding carboxylic acids is 1. The molecular weight excluding hydrogens is 652 g/mol. The summed E-state index contributed by atoms with van der Waals surface area (Å²) in [5, 5.41) is 3.55. The number of nitrogens with zero attached hydrogens (tertiary/aromatic N) is 1. The van der Waals surface area contributed by atoms with E-state index in [9.17, 15) is 26.4 Å². The number of ketones is 1. The van der Waals surface area contributed by atoms with E-state index in [4.69, 9.17) is 4.52 Å². The van der Waals surface area contributed by atoms with Crippen LogP contribution >= 0.6 is 40.0 Å². The van der Waals surface area contributed by atoms with Crippen molar-refractivity contribution in [3.8, 4) is 0 Å². The number of carbonyl (C=O) groups is 1. The van der Waals surface area contributed by atoms with Crippen molar-refractivity contribution >= 4 is 55.6 Å². The molecule has 0 amide bonds. The van der Waals surface area contributed by atoms with Gasteiger partial charge in [0.25, 0.3) is 0 Å². The quantitative estimate of drug-likeness (QED) is 0.341. The molecule has 1 heterocycles. The second kappa shape index (κ2) is 9.14. The van der Waals surface area contributed by atoms with E-state index in [1.807, 2.05) is 0 Å². The molecule has 1 aromatic heterocycles. The van der Waals surface area contributed by atoms with Gasteiger partial charge in [0.1, 0.15) is 0 Å². The molecule has 0 atom stereocenters. The summed E-state index contributed by atoms with van der Waals surface area (Å²) in [6, 6.07) is 2.05. The first-order chi connectivity index (χ1) is 12.5. The normalized spacial score (nSPS) is 14.3. The molecule has 27 heavy (non-hydrogen) atoms. The first kappa shape index (κ1) is 23.2. The Bertz CT molecular complexity index is 943. The predicted molar refractivity (Wildman–Crippen MR) is 105 cm³/mol. The Balaban J connectivity index is 0.000000817. The maximum absolute atomic E-state index is 12.8. The van der Waals surface area contributed by atoms with Crippen LogP contribution in [0, 0.1) is 0 Å². The van der Waals surface area contributed by atoms with Gasteiger partial charge in [-0.15, -0.1) is 0 Å². The number of alkyl halides is 3. The van der Waals surface area contributed by atoms with Crippen molar-refractivity contribution in [3.63, 3.8) is 0 Å². The molecule has 1 aromatic carbocycles. The summed E-state index contributed by atoms with van der Waals surface area (Å²) in [5.41, 5.74) is -1.37. The van der Waals surface area contributed by atoms with Crippen molar-refractivity contribution in [2.24, 2.45) is 0 Å². The molecular formula is C15H12F3I2NO4SV. The summed E-state index contributed by atoms with van der Waals surface area (Å²) < 4.78 is 67.3. The third kappa shape index (κ3) is 5.93. The van der Waals surface area contributed by atoms with Crippen molar-refractivity contribution in [2.45, 2.75) is 29.8 Å². The van der Waals surface area contributed by atoms with Crippen LogP contribution in [0.1, 0.15) is 46.0 Å². The van der Waals surface area contributed by atoms with Crippen molar-refractivity contribution in [3.05, 3.63) is 46.8 Å². The van der Waals surface area contributed by atoms with Gasteiger partial charge in [-0.25, -0.2) is 8.42 Å². The van der Waals surface area contributed by atoms with E-state index in [2.05, 4.69) is 45.1 Å². The monoisotopic (exact) mass is 664 g/mol. The standard InChI is InChI=1S/C15H12F3NO4S.2HI.V/c1-24(21,22)12-6-9(15(16,17)18)4-5-10(12)13(20)11-7-19-23-14(11)8-2-3-8;;;/h4-8H,2-3H2,1H3;2*1H;/q;;;+2/p-2. The number of rotatable bonds is 4. The van der Waals surface area contributed by atoms with Gasteiger partial charge in [-0.2, -0.15) is 13.2 Å². The van der Waals surface area contributed by atoms with Crippen LogP contribution in [0.3, 0.4) is 0 Å². The van der Waals surface area contributed by atoms with Crippen LogP contribution in [-0.4, -0.2) is 25.6 Å². The van der Waals surface area contributed by atoms with E-state index in [0.717, 1.165) is 25.2 Å². The van der Waals surface area contributed by atoms with Gasteiger partial charge in [0.2, 0.25) is 0 Å². The van der Waals surface area contributed by atoms with Crippen LogP contribution in [-0.2, 0) is 25.5 Å². The fraction of sp³-hybridized carbons (Fsp3) is 0.333. The third-order valence-electron chi connectivity index (χ3n) is 3.74. The van der Waals surface area contributed by atoms with E-state index in [-0.39, 0.29) is 17.0 Å². The van der Waals surface area contributed by atoms with E-state index >= 15 is 0 Å². The fourth-order valence-corrected chi connectivity index (χ4v) is 3.30. The van der Waals surface area contributed by atoms with Crippen molar-refractivity contribution < 1.29 is 40.4 Å². The molecule has 0 radical (unpaired) electrons. The van der Waals surface area contributed by atoms with Crippen molar-refractivity contribution in [1.82, 2.24) is 5.16 Å². The van der Waals surface area contributed by atoms with Gasteiger partial charge < -0.3 is 4.52 Å². The summed E-state index contributed by atoms with van der Waals surface area (Å²) in [7, 11) is -3.41. The Morgan fingerprint density at radius 3 is 2.33 bits per heavy atom. The number of halogens is 5. The minimum absolute atomic E-state index is 0.0441. The van der Waals surface area contributed by atoms with Crippen LogP contribution in [0.25, 0.3) is 0 Å². The molecule has 0 bridgehead atoms. The van der Waals surface area contributed by atoms with Crippen molar-refractivity contribution in [1.29, 1.82) is 0 Å². The van der Waals surface area contributed by atoms with Gasteiger partial charge in [-0.05, 0) is 31.0 Å². The summed E-state index contributed by atoms with van der Waals surface area (Å²) in [4.78, 5) is 12.0. The molecule has 2 aromatic rings. The molecule has 0 saturated heterocycles. The molecule has 1 fully saturated rings. The van der Waals surface area contributed by atoms with Gasteiger partial charge >= 0.3 is 55.6 Å². The molecule has 0 spiro atoms. The number of sulfone groups is 1. The molecule has 12 heteroatoms. The van der Waals surface area contributed by atoms with Gasteiger partial charge in [0, 0.05) is 17.7 Å². The first-order valence-corrected chi connectivity index (χ1v) is 18.2. The predicted octanol–water partition coefficient (Wildman–Crippen LogP) is 4.97. The van der Waals surface area contributed by atoms with Gasteiger partial charge in [0.05, 0.1) is 22.2 Å². The van der Waals surface area contributed by atoms with Crippen LogP contribution in [0.15, 0.2) is 33.8 Å². The Morgan fingerprint density at radius 2 is 1.85 bits per heavy atom. The molecule has 1 saturated carbocycles. The topological polar surface area (TPSA) is 77.2 Å². The van der Waals surface area contributed by atoms with Crippen molar-refractivity contribution in [2.75, 3.05) is 6.26 Å². The average Bonchev–Trinajstić information content (AvgIpc) is 3.29. The van der Waals surface area contributed by atoms with Gasteiger partial charge in [0.15, 0.2) is 21.4 Å². The number of benzene rings is 1. The maximum atomic E-state index is 12.8. The van der Waals surface area contributed by atoms with E-state index in [0.29, 0.717) is 27.4 Å². The molecule has 0 N–H and O–H groups in total. The Labute approximate surface area is 182 Å². The molecule has 0 unspecified atom stereocenters. The summed E-state index contributed by atoms with van der Waals surface area (Å²) in [6.45, 7) is 0. The van der Waals surface area contributed by atoms with Crippen LogP contribution in [0.4, 0.5) is 13.2 Å². The van der Waals surface area contributed by atoms with Crippen LogP contribution < -0.4 is 0 Å². The fourth-order valence-electron chi connectivity index (χ4n) is 2.40. The SMILES string of the molecule is CS(=O)(=O)c1cc(C(F)(F)F)ccc1C(=O)c1cnoc1C1CC1.[I][V][I].